The first-order valence-electron chi connectivity index (χ1n) is 7.05. The van der Waals surface area contributed by atoms with Crippen molar-refractivity contribution in [2.24, 2.45) is 0 Å². The molecule has 2 rings (SSSR count). The van der Waals surface area contributed by atoms with E-state index >= 15 is 0 Å². The van der Waals surface area contributed by atoms with Gasteiger partial charge < -0.3 is 5.32 Å². The zero-order chi connectivity index (χ0) is 12.8. The topological polar surface area (TPSA) is 58.9 Å². The number of rotatable bonds is 7. The molecule has 0 amide bonds. The fourth-order valence-corrected chi connectivity index (χ4v) is 2.45. The molecule has 0 saturated carbocycles. The van der Waals surface area contributed by atoms with Crippen LogP contribution >= 0.6 is 0 Å². The monoisotopic (exact) mass is 252 g/mol. The van der Waals surface area contributed by atoms with Gasteiger partial charge in [0.25, 0.3) is 0 Å². The van der Waals surface area contributed by atoms with Gasteiger partial charge in [-0.2, -0.15) is 0 Å². The van der Waals surface area contributed by atoms with E-state index in [-0.39, 0.29) is 0 Å². The zero-order valence-electron chi connectivity index (χ0n) is 11.5. The standard InChI is InChI=1S/C12H24N6/c1-3-5-8-18-12(14-15-16-18)10-17(4-2)11-6-7-13-9-11/h11,13H,3-10H2,1-2H3. The number of nitrogens with zero attached hydrogens (tertiary/aromatic N) is 5. The Morgan fingerprint density at radius 1 is 1.44 bits per heavy atom. The molecule has 1 N–H and O–H groups in total. The summed E-state index contributed by atoms with van der Waals surface area (Å²) in [5.41, 5.74) is 0. The molecule has 1 fully saturated rings. The maximum absolute atomic E-state index is 4.17. The molecule has 6 heteroatoms. The van der Waals surface area contributed by atoms with Crippen LogP contribution in [-0.4, -0.2) is 50.8 Å². The van der Waals surface area contributed by atoms with Crippen LogP contribution in [0.25, 0.3) is 0 Å². The third kappa shape index (κ3) is 3.26. The van der Waals surface area contributed by atoms with Gasteiger partial charge in [0.2, 0.25) is 0 Å². The van der Waals surface area contributed by atoms with Gasteiger partial charge in [-0.3, -0.25) is 4.90 Å². The molecule has 0 radical (unpaired) electrons. The van der Waals surface area contributed by atoms with Gasteiger partial charge in [-0.25, -0.2) is 4.68 Å². The fraction of sp³-hybridized carbons (Fsp3) is 0.917. The van der Waals surface area contributed by atoms with Crippen molar-refractivity contribution in [3.63, 3.8) is 0 Å². The molecule has 1 saturated heterocycles. The van der Waals surface area contributed by atoms with Gasteiger partial charge >= 0.3 is 0 Å². The van der Waals surface area contributed by atoms with Crippen LogP contribution in [0.15, 0.2) is 0 Å². The van der Waals surface area contributed by atoms with E-state index < -0.39 is 0 Å². The smallest absolute Gasteiger partial charge is 0.165 e. The molecular formula is C12H24N6. The lowest BCUT2D eigenvalue weighted by Gasteiger charge is -2.26. The quantitative estimate of drug-likeness (QED) is 0.772. The molecule has 18 heavy (non-hydrogen) atoms. The SMILES string of the molecule is CCCCn1nnnc1CN(CC)C1CCNC1. The molecule has 1 aliphatic rings. The first kappa shape index (κ1) is 13.4. The van der Waals surface area contributed by atoms with Crippen LogP contribution in [0.3, 0.4) is 0 Å². The molecule has 102 valence electrons. The number of aryl methyl sites for hydroxylation is 1. The highest BCUT2D eigenvalue weighted by molar-refractivity contribution is 4.86. The number of unbranched alkanes of at least 4 members (excludes halogenated alkanes) is 1. The number of aromatic nitrogens is 4. The van der Waals surface area contributed by atoms with Gasteiger partial charge in [-0.1, -0.05) is 20.3 Å². The second-order valence-corrected chi connectivity index (χ2v) is 4.88. The Morgan fingerprint density at radius 2 is 2.33 bits per heavy atom. The lowest BCUT2D eigenvalue weighted by molar-refractivity contribution is 0.201. The summed E-state index contributed by atoms with van der Waals surface area (Å²) in [5.74, 6) is 0.997. The fourth-order valence-electron chi connectivity index (χ4n) is 2.45. The van der Waals surface area contributed by atoms with Gasteiger partial charge in [0.15, 0.2) is 5.82 Å². The van der Waals surface area contributed by atoms with Crippen molar-refractivity contribution in [2.45, 2.75) is 52.2 Å². The Labute approximate surface area is 109 Å². The molecule has 1 atom stereocenters. The van der Waals surface area contributed by atoms with Crippen LogP contribution in [0.5, 0.6) is 0 Å². The summed E-state index contributed by atoms with van der Waals surface area (Å²) < 4.78 is 1.95. The maximum Gasteiger partial charge on any atom is 0.165 e. The first-order valence-corrected chi connectivity index (χ1v) is 7.05. The average Bonchev–Trinajstić information content (AvgIpc) is 3.04. The van der Waals surface area contributed by atoms with Crippen molar-refractivity contribution in [1.82, 2.24) is 30.4 Å². The lowest BCUT2D eigenvalue weighted by Crippen LogP contribution is -2.37. The van der Waals surface area contributed by atoms with E-state index in [4.69, 9.17) is 0 Å². The Balaban J connectivity index is 1.95. The largest absolute Gasteiger partial charge is 0.315 e. The summed E-state index contributed by atoms with van der Waals surface area (Å²) >= 11 is 0. The summed E-state index contributed by atoms with van der Waals surface area (Å²) in [7, 11) is 0. The highest BCUT2D eigenvalue weighted by Crippen LogP contribution is 2.11. The Morgan fingerprint density at radius 3 is 3.00 bits per heavy atom. The number of hydrogen-bond donors (Lipinski definition) is 1. The van der Waals surface area contributed by atoms with Crippen LogP contribution < -0.4 is 5.32 Å². The van der Waals surface area contributed by atoms with Crippen LogP contribution in [0.1, 0.15) is 38.9 Å². The van der Waals surface area contributed by atoms with E-state index in [2.05, 4.69) is 39.6 Å². The van der Waals surface area contributed by atoms with Crippen molar-refractivity contribution in [3.05, 3.63) is 5.82 Å². The summed E-state index contributed by atoms with van der Waals surface area (Å²) in [6, 6.07) is 0.631. The third-order valence-electron chi connectivity index (χ3n) is 3.63. The lowest BCUT2D eigenvalue weighted by atomic mass is 10.2. The van der Waals surface area contributed by atoms with E-state index in [9.17, 15) is 0 Å². The molecular weight excluding hydrogens is 228 g/mol. The maximum atomic E-state index is 4.17. The minimum Gasteiger partial charge on any atom is -0.315 e. The van der Waals surface area contributed by atoms with E-state index in [0.29, 0.717) is 6.04 Å². The minimum atomic E-state index is 0.631. The van der Waals surface area contributed by atoms with Crippen LogP contribution in [-0.2, 0) is 13.1 Å². The molecule has 0 bridgehead atoms. The zero-order valence-corrected chi connectivity index (χ0v) is 11.5. The average molecular weight is 252 g/mol. The summed E-state index contributed by atoms with van der Waals surface area (Å²) in [4.78, 5) is 2.47. The van der Waals surface area contributed by atoms with Gasteiger partial charge in [0.05, 0.1) is 6.54 Å². The molecule has 1 unspecified atom stereocenters. The Kier molecular flexibility index (Phi) is 5.07. The van der Waals surface area contributed by atoms with E-state index in [0.717, 1.165) is 45.0 Å². The van der Waals surface area contributed by atoms with Gasteiger partial charge in [0, 0.05) is 19.1 Å². The predicted molar refractivity (Wildman–Crippen MR) is 70.1 cm³/mol. The number of hydrogen-bond acceptors (Lipinski definition) is 5. The molecule has 0 aliphatic carbocycles. The molecule has 1 aromatic heterocycles. The minimum absolute atomic E-state index is 0.631. The number of nitrogens with one attached hydrogen (secondary N) is 1. The molecule has 6 nitrogen and oxygen atoms in total. The van der Waals surface area contributed by atoms with E-state index in [1.54, 1.807) is 0 Å². The predicted octanol–water partition coefficient (Wildman–Crippen LogP) is 0.657. The van der Waals surface area contributed by atoms with E-state index in [1.165, 1.54) is 12.8 Å². The summed E-state index contributed by atoms with van der Waals surface area (Å²) in [6.07, 6.45) is 3.53. The van der Waals surface area contributed by atoms with E-state index in [1.807, 2.05) is 4.68 Å². The summed E-state index contributed by atoms with van der Waals surface area (Å²) in [6.45, 7) is 9.45. The highest BCUT2D eigenvalue weighted by atomic mass is 15.5. The van der Waals surface area contributed by atoms with Gasteiger partial charge in [0.1, 0.15) is 0 Å². The second kappa shape index (κ2) is 6.80. The van der Waals surface area contributed by atoms with Crippen LogP contribution in [0.2, 0.25) is 0 Å². The third-order valence-corrected chi connectivity index (χ3v) is 3.63. The summed E-state index contributed by atoms with van der Waals surface area (Å²) in [5, 5.41) is 15.5. The van der Waals surface area contributed by atoms with Crippen LogP contribution in [0, 0.1) is 0 Å². The van der Waals surface area contributed by atoms with Gasteiger partial charge in [-0.05, 0) is 36.4 Å². The number of tetrazole rings is 1. The molecule has 2 heterocycles. The van der Waals surface area contributed by atoms with Crippen LogP contribution in [0.4, 0.5) is 0 Å². The van der Waals surface area contributed by atoms with Crippen molar-refractivity contribution >= 4 is 0 Å². The Hall–Kier alpha value is -1.01. The first-order chi connectivity index (χ1) is 8.85. The van der Waals surface area contributed by atoms with Gasteiger partial charge in [-0.15, -0.1) is 5.10 Å². The second-order valence-electron chi connectivity index (χ2n) is 4.88. The normalized spacial score (nSPS) is 19.8. The molecule has 1 aliphatic heterocycles. The molecule has 0 aromatic carbocycles. The van der Waals surface area contributed by atoms with Crippen molar-refractivity contribution in [1.29, 1.82) is 0 Å². The number of likely N-dealkylation sites (N-methyl/N-ethyl adjacent to an activating group) is 1. The molecule has 1 aromatic rings. The van der Waals surface area contributed by atoms with Crippen molar-refractivity contribution in [2.75, 3.05) is 19.6 Å². The van der Waals surface area contributed by atoms with Crippen molar-refractivity contribution in [3.8, 4) is 0 Å². The highest BCUT2D eigenvalue weighted by Gasteiger charge is 2.22. The Bertz CT molecular complexity index is 344. The van der Waals surface area contributed by atoms with Crippen molar-refractivity contribution < 1.29 is 0 Å². The molecule has 0 spiro atoms.